The first-order chi connectivity index (χ1) is 11.9. The lowest BCUT2D eigenvalue weighted by Gasteiger charge is -2.26. The van der Waals surface area contributed by atoms with E-state index in [0.717, 1.165) is 22.6 Å². The molecule has 1 amide bonds. The van der Waals surface area contributed by atoms with Crippen LogP contribution in [0.1, 0.15) is 37.3 Å². The minimum Gasteiger partial charge on any atom is -0.491 e. The molecule has 0 spiro atoms. The first-order valence-corrected chi connectivity index (χ1v) is 7.81. The van der Waals surface area contributed by atoms with Crippen LogP contribution in [0.15, 0.2) is 41.3 Å². The standard InChI is InChI=1S/C17H18N2O3.CH2O2/c1-10(2)22-12-4-5-13-14(8-17(21)19-15(13)7-12)11-3-6-16(20)18-9-11;2-1-3/h3-7,9-10,14H,8H2,1-2H3,(H,18,20)(H,19,21);1H,(H,2,3). The third-order valence-electron chi connectivity index (χ3n) is 3.65. The van der Waals surface area contributed by atoms with Crippen LogP contribution in [0, 0.1) is 0 Å². The number of hydrogen-bond donors (Lipinski definition) is 3. The number of carbonyl (C=O) groups excluding carboxylic acids is 1. The summed E-state index contributed by atoms with van der Waals surface area (Å²) in [6.45, 7) is 3.67. The van der Waals surface area contributed by atoms with Crippen molar-refractivity contribution in [1.29, 1.82) is 0 Å². The number of anilines is 1. The van der Waals surface area contributed by atoms with E-state index in [4.69, 9.17) is 14.6 Å². The molecule has 1 unspecified atom stereocenters. The number of ether oxygens (including phenoxy) is 1. The molecule has 3 N–H and O–H groups in total. The molecule has 2 aromatic rings. The second-order valence-electron chi connectivity index (χ2n) is 5.81. The molecule has 0 bridgehead atoms. The fraction of sp³-hybridized carbons (Fsp3) is 0.278. The van der Waals surface area contributed by atoms with E-state index in [-0.39, 0.29) is 30.0 Å². The van der Waals surface area contributed by atoms with E-state index < -0.39 is 0 Å². The minimum atomic E-state index is -0.250. The van der Waals surface area contributed by atoms with Crippen LogP contribution in [-0.4, -0.2) is 28.6 Å². The number of rotatable bonds is 3. The van der Waals surface area contributed by atoms with Crippen molar-refractivity contribution >= 4 is 18.1 Å². The fourth-order valence-corrected chi connectivity index (χ4v) is 2.73. The van der Waals surface area contributed by atoms with Crippen LogP contribution in [0.2, 0.25) is 0 Å². The van der Waals surface area contributed by atoms with Crippen molar-refractivity contribution in [2.75, 3.05) is 5.32 Å². The second-order valence-corrected chi connectivity index (χ2v) is 5.81. The van der Waals surface area contributed by atoms with Crippen molar-refractivity contribution in [2.24, 2.45) is 0 Å². The Morgan fingerprint density at radius 2 is 1.96 bits per heavy atom. The van der Waals surface area contributed by atoms with Crippen LogP contribution in [0.5, 0.6) is 5.75 Å². The molecule has 0 saturated heterocycles. The molecule has 3 rings (SSSR count). The van der Waals surface area contributed by atoms with Crippen LogP contribution in [0.25, 0.3) is 0 Å². The molecule has 1 aromatic carbocycles. The summed E-state index contributed by atoms with van der Waals surface area (Å²) in [5.41, 5.74) is 2.58. The summed E-state index contributed by atoms with van der Waals surface area (Å²) in [7, 11) is 0. The van der Waals surface area contributed by atoms with Gasteiger partial charge in [0.2, 0.25) is 11.5 Å². The molecule has 132 valence electrons. The summed E-state index contributed by atoms with van der Waals surface area (Å²) in [4.78, 5) is 34.2. The molecule has 1 aliphatic heterocycles. The Labute approximate surface area is 144 Å². The molecule has 25 heavy (non-hydrogen) atoms. The zero-order chi connectivity index (χ0) is 18.4. The maximum Gasteiger partial charge on any atom is 0.290 e. The summed E-state index contributed by atoms with van der Waals surface area (Å²) in [5.74, 6) is 0.635. The third-order valence-corrected chi connectivity index (χ3v) is 3.65. The monoisotopic (exact) mass is 344 g/mol. The van der Waals surface area contributed by atoms with Gasteiger partial charge in [0.25, 0.3) is 6.47 Å². The zero-order valence-electron chi connectivity index (χ0n) is 14.0. The number of carboxylic acid groups (broad SMARTS) is 1. The van der Waals surface area contributed by atoms with Gasteiger partial charge in [0.05, 0.1) is 6.10 Å². The molecule has 7 heteroatoms. The minimum absolute atomic E-state index is 0.0367. The summed E-state index contributed by atoms with van der Waals surface area (Å²) in [6.07, 6.45) is 2.12. The van der Waals surface area contributed by atoms with Gasteiger partial charge in [-0.2, -0.15) is 0 Å². The highest BCUT2D eigenvalue weighted by Gasteiger charge is 2.27. The van der Waals surface area contributed by atoms with E-state index >= 15 is 0 Å². The van der Waals surface area contributed by atoms with Crippen LogP contribution in [0.3, 0.4) is 0 Å². The Hall–Kier alpha value is -3.09. The number of fused-ring (bicyclic) bond motifs is 1. The summed E-state index contributed by atoms with van der Waals surface area (Å²) < 4.78 is 5.67. The highest BCUT2D eigenvalue weighted by molar-refractivity contribution is 5.95. The summed E-state index contributed by atoms with van der Waals surface area (Å²) in [6, 6.07) is 8.99. The van der Waals surface area contributed by atoms with E-state index in [1.807, 2.05) is 32.0 Å². The maximum absolute atomic E-state index is 12.0. The van der Waals surface area contributed by atoms with Gasteiger partial charge in [-0.15, -0.1) is 0 Å². The van der Waals surface area contributed by atoms with Gasteiger partial charge in [-0.3, -0.25) is 14.4 Å². The van der Waals surface area contributed by atoms with Crippen molar-refractivity contribution in [3.05, 3.63) is 58.0 Å². The normalized spacial score (nSPS) is 15.5. The van der Waals surface area contributed by atoms with E-state index in [0.29, 0.717) is 6.42 Å². The predicted molar refractivity (Wildman–Crippen MR) is 93.1 cm³/mol. The van der Waals surface area contributed by atoms with Gasteiger partial charge in [0, 0.05) is 36.4 Å². The Morgan fingerprint density at radius 1 is 1.24 bits per heavy atom. The van der Waals surface area contributed by atoms with Gasteiger partial charge in [0.1, 0.15) is 5.75 Å². The molecular formula is C18H20N2O5. The van der Waals surface area contributed by atoms with Crippen molar-refractivity contribution in [3.63, 3.8) is 0 Å². The van der Waals surface area contributed by atoms with E-state index in [2.05, 4.69) is 10.3 Å². The summed E-state index contributed by atoms with van der Waals surface area (Å²) in [5, 5.41) is 9.78. The largest absolute Gasteiger partial charge is 0.491 e. The molecule has 2 heterocycles. The lowest BCUT2D eigenvalue weighted by molar-refractivity contribution is -0.123. The summed E-state index contributed by atoms with van der Waals surface area (Å²) >= 11 is 0. The Balaban J connectivity index is 0.000000701. The molecule has 7 nitrogen and oxygen atoms in total. The predicted octanol–water partition coefficient (Wildman–Crippen LogP) is 2.34. The van der Waals surface area contributed by atoms with Gasteiger partial charge in [-0.1, -0.05) is 12.1 Å². The number of H-pyrrole nitrogens is 1. The van der Waals surface area contributed by atoms with Gasteiger partial charge in [0.15, 0.2) is 0 Å². The Kier molecular flexibility index (Phi) is 5.94. The number of aromatic nitrogens is 1. The van der Waals surface area contributed by atoms with Gasteiger partial charge >= 0.3 is 0 Å². The number of carbonyl (C=O) groups is 2. The molecule has 0 fully saturated rings. The van der Waals surface area contributed by atoms with Gasteiger partial charge in [-0.25, -0.2) is 0 Å². The van der Waals surface area contributed by atoms with Crippen molar-refractivity contribution in [2.45, 2.75) is 32.3 Å². The maximum atomic E-state index is 12.0. The molecular weight excluding hydrogens is 324 g/mol. The Bertz CT molecular complexity index is 793. The first kappa shape index (κ1) is 18.3. The van der Waals surface area contributed by atoms with Crippen LogP contribution >= 0.6 is 0 Å². The van der Waals surface area contributed by atoms with Crippen LogP contribution < -0.4 is 15.6 Å². The van der Waals surface area contributed by atoms with Crippen molar-refractivity contribution in [3.8, 4) is 5.75 Å². The zero-order valence-corrected chi connectivity index (χ0v) is 14.0. The fourth-order valence-electron chi connectivity index (χ4n) is 2.73. The topological polar surface area (TPSA) is 108 Å². The number of pyridine rings is 1. The van der Waals surface area contributed by atoms with E-state index in [1.165, 1.54) is 6.07 Å². The molecule has 1 aromatic heterocycles. The SMILES string of the molecule is CC(C)Oc1ccc2c(c1)NC(=O)CC2c1ccc(=O)[nH]c1.O=CO. The highest BCUT2D eigenvalue weighted by atomic mass is 16.5. The number of hydrogen-bond acceptors (Lipinski definition) is 4. The number of nitrogens with one attached hydrogen (secondary N) is 2. The van der Waals surface area contributed by atoms with Crippen LogP contribution in [-0.2, 0) is 9.59 Å². The quantitative estimate of drug-likeness (QED) is 0.741. The lowest BCUT2D eigenvalue weighted by Crippen LogP contribution is -2.24. The molecule has 0 radical (unpaired) electrons. The molecule has 0 aliphatic carbocycles. The average molecular weight is 344 g/mol. The Morgan fingerprint density at radius 3 is 2.56 bits per heavy atom. The lowest BCUT2D eigenvalue weighted by atomic mass is 9.85. The average Bonchev–Trinajstić information content (AvgIpc) is 2.54. The van der Waals surface area contributed by atoms with Gasteiger partial charge < -0.3 is 20.1 Å². The number of amides is 1. The van der Waals surface area contributed by atoms with Crippen molar-refractivity contribution in [1.82, 2.24) is 4.98 Å². The van der Waals surface area contributed by atoms with Crippen LogP contribution in [0.4, 0.5) is 5.69 Å². The highest BCUT2D eigenvalue weighted by Crippen LogP contribution is 2.38. The molecule has 1 atom stereocenters. The van der Waals surface area contributed by atoms with Gasteiger partial charge in [-0.05, 0) is 31.0 Å². The second kappa shape index (κ2) is 8.14. The smallest absolute Gasteiger partial charge is 0.290 e. The number of benzene rings is 1. The van der Waals surface area contributed by atoms with E-state index in [9.17, 15) is 9.59 Å². The third kappa shape index (κ3) is 4.69. The number of aromatic amines is 1. The molecule has 0 saturated carbocycles. The molecule has 1 aliphatic rings. The van der Waals surface area contributed by atoms with Crippen molar-refractivity contribution < 1.29 is 19.4 Å². The first-order valence-electron chi connectivity index (χ1n) is 7.81. The van der Waals surface area contributed by atoms with E-state index in [1.54, 1.807) is 12.3 Å².